The molecule has 0 radical (unpaired) electrons. The second-order valence-corrected chi connectivity index (χ2v) is 11.0. The Morgan fingerprint density at radius 1 is 1.03 bits per heavy atom. The number of hydrogen-bond acceptors (Lipinski definition) is 7. The van der Waals surface area contributed by atoms with Crippen LogP contribution in [0.1, 0.15) is 16.7 Å². The highest BCUT2D eigenvalue weighted by Crippen LogP contribution is 2.23. The molecular weight excluding hydrogens is 591 g/mol. The van der Waals surface area contributed by atoms with E-state index in [-0.39, 0.29) is 43.1 Å². The highest BCUT2D eigenvalue weighted by Gasteiger charge is 2.31. The smallest absolute Gasteiger partial charge is 0.333 e. The fourth-order valence-corrected chi connectivity index (χ4v) is 5.46. The minimum absolute atomic E-state index is 0.00127. The predicted molar refractivity (Wildman–Crippen MR) is 148 cm³/mol. The van der Waals surface area contributed by atoms with Gasteiger partial charge in [-0.15, -0.1) is 0 Å². The van der Waals surface area contributed by atoms with Gasteiger partial charge in [0.25, 0.3) is 10.8 Å². The van der Waals surface area contributed by atoms with Gasteiger partial charge in [-0.3, -0.25) is 28.8 Å². The molecule has 3 heterocycles. The van der Waals surface area contributed by atoms with Crippen molar-refractivity contribution in [1.29, 1.82) is 0 Å². The quantitative estimate of drug-likeness (QED) is 0.287. The van der Waals surface area contributed by atoms with Crippen LogP contribution in [0.15, 0.2) is 74.9 Å². The molecule has 1 saturated heterocycles. The number of aromatic nitrogens is 3. The largest absolute Gasteiger partial charge is 0.375 e. The van der Waals surface area contributed by atoms with Crippen molar-refractivity contribution < 1.29 is 18.7 Å². The van der Waals surface area contributed by atoms with Crippen molar-refractivity contribution in [3.8, 4) is 0 Å². The number of nitrogens with one attached hydrogen (secondary N) is 1. The number of ether oxygens (including phenoxy) is 1. The SMILES string of the molecule is O=C1NC(=O)C(Cc2ccc(Cn3c(=O)n(CCOCc4ccc(Br)cc4F)c(=O)c4cccnc43)cc2)S1. The first-order chi connectivity index (χ1) is 18.8. The van der Waals surface area contributed by atoms with Crippen LogP contribution in [0.3, 0.4) is 0 Å². The van der Waals surface area contributed by atoms with Gasteiger partial charge in [0.1, 0.15) is 11.5 Å². The van der Waals surface area contributed by atoms with Crippen molar-refractivity contribution in [2.75, 3.05) is 6.61 Å². The van der Waals surface area contributed by atoms with E-state index in [1.54, 1.807) is 24.3 Å². The normalized spacial score (nSPS) is 15.2. The minimum Gasteiger partial charge on any atom is -0.375 e. The summed E-state index contributed by atoms with van der Waals surface area (Å²) in [5, 5.41) is 1.76. The Hall–Kier alpha value is -3.61. The third-order valence-electron chi connectivity index (χ3n) is 6.26. The summed E-state index contributed by atoms with van der Waals surface area (Å²) in [5.41, 5.74) is 1.29. The minimum atomic E-state index is -0.536. The van der Waals surface area contributed by atoms with Gasteiger partial charge in [-0.2, -0.15) is 0 Å². The molecule has 2 amide bonds. The molecule has 0 aliphatic carbocycles. The molecule has 1 unspecified atom stereocenters. The lowest BCUT2D eigenvalue weighted by Crippen LogP contribution is -2.41. The van der Waals surface area contributed by atoms with Gasteiger partial charge >= 0.3 is 5.69 Å². The molecule has 2 aromatic carbocycles. The third kappa shape index (κ3) is 6.02. The lowest BCUT2D eigenvalue weighted by molar-refractivity contribution is -0.118. The molecule has 0 bridgehead atoms. The van der Waals surface area contributed by atoms with Gasteiger partial charge in [0.05, 0.1) is 36.9 Å². The van der Waals surface area contributed by atoms with E-state index in [1.807, 2.05) is 24.3 Å². The van der Waals surface area contributed by atoms with Crippen molar-refractivity contribution in [3.63, 3.8) is 0 Å². The Morgan fingerprint density at radius 3 is 2.51 bits per heavy atom. The van der Waals surface area contributed by atoms with Crippen LogP contribution in [0.25, 0.3) is 11.0 Å². The zero-order valence-electron chi connectivity index (χ0n) is 20.4. The number of halogens is 2. The zero-order valence-corrected chi connectivity index (χ0v) is 22.8. The van der Waals surface area contributed by atoms with E-state index in [1.165, 1.54) is 16.8 Å². The summed E-state index contributed by atoms with van der Waals surface area (Å²) in [6.07, 6.45) is 1.93. The van der Waals surface area contributed by atoms with E-state index in [9.17, 15) is 23.6 Å². The second kappa shape index (κ2) is 11.6. The van der Waals surface area contributed by atoms with Gasteiger partial charge in [0.15, 0.2) is 0 Å². The average molecular weight is 613 g/mol. The van der Waals surface area contributed by atoms with Gasteiger partial charge in [-0.25, -0.2) is 14.2 Å². The van der Waals surface area contributed by atoms with Crippen LogP contribution in [-0.4, -0.2) is 37.1 Å². The fourth-order valence-electron chi connectivity index (χ4n) is 4.27. The highest BCUT2D eigenvalue weighted by atomic mass is 79.9. The summed E-state index contributed by atoms with van der Waals surface area (Å²) in [4.78, 5) is 54.1. The molecule has 0 spiro atoms. The average Bonchev–Trinajstić information content (AvgIpc) is 3.24. The van der Waals surface area contributed by atoms with Gasteiger partial charge in [-0.05, 0) is 41.8 Å². The van der Waals surface area contributed by atoms with Gasteiger partial charge in [0, 0.05) is 16.2 Å². The van der Waals surface area contributed by atoms with Crippen LogP contribution >= 0.6 is 27.7 Å². The van der Waals surface area contributed by atoms with Crippen molar-refractivity contribution in [1.82, 2.24) is 19.4 Å². The Morgan fingerprint density at radius 2 is 1.79 bits per heavy atom. The topological polar surface area (TPSA) is 112 Å². The highest BCUT2D eigenvalue weighted by molar-refractivity contribution is 9.10. The molecule has 1 fully saturated rings. The first-order valence-electron chi connectivity index (χ1n) is 12.0. The van der Waals surface area contributed by atoms with Crippen LogP contribution in [0.2, 0.25) is 0 Å². The zero-order chi connectivity index (χ0) is 27.5. The first kappa shape index (κ1) is 27.0. The molecule has 9 nitrogen and oxygen atoms in total. The summed E-state index contributed by atoms with van der Waals surface area (Å²) in [6, 6.07) is 15.3. The van der Waals surface area contributed by atoms with Crippen LogP contribution in [-0.2, 0) is 35.6 Å². The predicted octanol–water partition coefficient (Wildman–Crippen LogP) is 3.62. The Labute approximate surface area is 234 Å². The lowest BCUT2D eigenvalue weighted by atomic mass is 10.1. The van der Waals surface area contributed by atoms with Crippen molar-refractivity contribution in [3.05, 3.63) is 109 Å². The molecule has 1 aliphatic heterocycles. The van der Waals surface area contributed by atoms with E-state index >= 15 is 0 Å². The number of fused-ring (bicyclic) bond motifs is 1. The Bertz CT molecular complexity index is 1690. The number of carbonyl (C=O) groups excluding carboxylic acids is 2. The van der Waals surface area contributed by atoms with E-state index in [2.05, 4.69) is 26.2 Å². The van der Waals surface area contributed by atoms with Gasteiger partial charge in [0.2, 0.25) is 5.91 Å². The summed E-state index contributed by atoms with van der Waals surface area (Å²) in [7, 11) is 0. The lowest BCUT2D eigenvalue weighted by Gasteiger charge is -2.14. The molecule has 5 rings (SSSR count). The maximum Gasteiger partial charge on any atom is 0.333 e. The number of thioether (sulfide) groups is 1. The van der Waals surface area contributed by atoms with Crippen molar-refractivity contribution in [2.24, 2.45) is 0 Å². The summed E-state index contributed by atoms with van der Waals surface area (Å²) < 4.78 is 22.8. The van der Waals surface area contributed by atoms with Crippen molar-refractivity contribution >= 4 is 49.9 Å². The Kier molecular flexibility index (Phi) is 8.05. The van der Waals surface area contributed by atoms with Crippen LogP contribution in [0, 0.1) is 5.82 Å². The molecule has 1 atom stereocenters. The third-order valence-corrected chi connectivity index (χ3v) is 7.74. The maximum atomic E-state index is 14.1. The number of imide groups is 1. The van der Waals surface area contributed by atoms with Crippen LogP contribution in [0.4, 0.5) is 9.18 Å². The molecule has 4 aromatic rings. The van der Waals surface area contributed by atoms with E-state index in [0.717, 1.165) is 27.5 Å². The van der Waals surface area contributed by atoms with Gasteiger partial charge in [-0.1, -0.05) is 58.0 Å². The number of benzene rings is 2. The molecule has 1 N–H and O–H groups in total. The summed E-state index contributed by atoms with van der Waals surface area (Å²) >= 11 is 4.19. The van der Waals surface area contributed by atoms with E-state index in [4.69, 9.17) is 4.74 Å². The van der Waals surface area contributed by atoms with Crippen LogP contribution in [0.5, 0.6) is 0 Å². The molecule has 1 aliphatic rings. The maximum absolute atomic E-state index is 14.1. The second-order valence-electron chi connectivity index (χ2n) is 8.89. The molecule has 39 heavy (non-hydrogen) atoms. The van der Waals surface area contributed by atoms with Crippen LogP contribution < -0.4 is 16.6 Å². The van der Waals surface area contributed by atoms with Crippen molar-refractivity contribution in [2.45, 2.75) is 31.4 Å². The van der Waals surface area contributed by atoms with E-state index in [0.29, 0.717) is 21.8 Å². The number of hydrogen-bond donors (Lipinski definition) is 1. The number of rotatable bonds is 9. The molecular formula is C27H22BrFN4O5S. The first-order valence-corrected chi connectivity index (χ1v) is 13.7. The summed E-state index contributed by atoms with van der Waals surface area (Å²) in [5.74, 6) is -0.711. The number of amides is 2. The van der Waals surface area contributed by atoms with Gasteiger partial charge < -0.3 is 4.74 Å². The molecule has 2 aromatic heterocycles. The monoisotopic (exact) mass is 612 g/mol. The Balaban J connectivity index is 1.34. The standard InChI is InChI=1S/C27H22BrFN4O5S/c28-19-8-7-18(21(29)13-19)15-38-11-10-32-25(35)20-2-1-9-30-23(20)33(27(32)37)14-17-5-3-16(4-6-17)12-22-24(34)31-26(36)39-22/h1-9,13,22H,10-12,14-15H2,(H,31,34,36). The number of nitrogens with zero attached hydrogens (tertiary/aromatic N) is 3. The summed E-state index contributed by atoms with van der Waals surface area (Å²) in [6.45, 7) is 0.174. The molecule has 12 heteroatoms. The molecule has 200 valence electrons. The fraction of sp³-hybridized carbons (Fsp3) is 0.222. The number of pyridine rings is 1. The van der Waals surface area contributed by atoms with E-state index < -0.39 is 22.3 Å². The number of carbonyl (C=O) groups is 2. The molecule has 0 saturated carbocycles.